The molecule has 7 N–H and O–H groups in total. The number of fused-ring (bicyclic) bond motifs is 1. The standard InChI is InChI=1S/C17H19N7O3S/c1-7(2)12(14(19)26)22-17-23-15(11(13(18)25)16(27)24-17)21-8-3-4-9-10(5-8)28-6-20-9/h3-7,12H,1-2H3,(H2,18,25)(H2,19,26)(H3,21,22,23,24,27). The number of nitrogens with two attached hydrogens (primary N) is 2. The third-order valence-corrected chi connectivity index (χ3v) is 4.82. The van der Waals surface area contributed by atoms with Crippen LogP contribution in [-0.4, -0.2) is 32.8 Å². The average Bonchev–Trinajstić information content (AvgIpc) is 3.06. The minimum atomic E-state index is -0.933. The van der Waals surface area contributed by atoms with E-state index in [1.165, 1.54) is 11.3 Å². The Morgan fingerprint density at radius 2 is 2.00 bits per heavy atom. The van der Waals surface area contributed by atoms with Gasteiger partial charge in [0, 0.05) is 5.69 Å². The number of hydrogen-bond donors (Lipinski definition) is 5. The summed E-state index contributed by atoms with van der Waals surface area (Å²) in [5, 5.41) is 5.73. The predicted octanol–water partition coefficient (Wildman–Crippen LogP) is 1.14. The van der Waals surface area contributed by atoms with Gasteiger partial charge in [0.15, 0.2) is 5.82 Å². The summed E-state index contributed by atoms with van der Waals surface area (Å²) in [6.45, 7) is 3.59. The molecule has 0 aliphatic carbocycles. The Kier molecular flexibility index (Phi) is 5.27. The molecule has 3 rings (SSSR count). The number of carbonyl (C=O) groups is 2. The third kappa shape index (κ3) is 3.93. The van der Waals surface area contributed by atoms with Gasteiger partial charge < -0.3 is 22.1 Å². The Bertz CT molecular complexity index is 1110. The van der Waals surface area contributed by atoms with Gasteiger partial charge in [-0.1, -0.05) is 13.8 Å². The zero-order valence-corrected chi connectivity index (χ0v) is 16.0. The number of primary amides is 2. The van der Waals surface area contributed by atoms with Crippen LogP contribution in [0.3, 0.4) is 0 Å². The lowest BCUT2D eigenvalue weighted by atomic mass is 10.0. The maximum atomic E-state index is 12.4. The first-order chi connectivity index (χ1) is 13.3. The fraction of sp³-hybridized carbons (Fsp3) is 0.235. The van der Waals surface area contributed by atoms with E-state index in [0.717, 1.165) is 10.2 Å². The zero-order chi connectivity index (χ0) is 20.4. The van der Waals surface area contributed by atoms with Crippen LogP contribution < -0.4 is 27.7 Å². The molecule has 0 aliphatic rings. The summed E-state index contributed by atoms with van der Waals surface area (Å²) in [5.74, 6) is -1.72. The molecule has 2 aromatic heterocycles. The topological polar surface area (TPSA) is 169 Å². The lowest BCUT2D eigenvalue weighted by molar-refractivity contribution is -0.119. The van der Waals surface area contributed by atoms with E-state index < -0.39 is 23.4 Å². The van der Waals surface area contributed by atoms with Crippen LogP contribution in [0.15, 0.2) is 28.5 Å². The third-order valence-electron chi connectivity index (χ3n) is 4.03. The van der Waals surface area contributed by atoms with Crippen LogP contribution in [0, 0.1) is 5.92 Å². The predicted molar refractivity (Wildman–Crippen MR) is 108 cm³/mol. The lowest BCUT2D eigenvalue weighted by Crippen LogP contribution is -2.40. The maximum Gasteiger partial charge on any atom is 0.267 e. The molecule has 146 valence electrons. The smallest absolute Gasteiger partial charge is 0.267 e. The van der Waals surface area contributed by atoms with Crippen molar-refractivity contribution in [2.45, 2.75) is 19.9 Å². The second kappa shape index (κ2) is 7.64. The molecule has 0 spiro atoms. The number of aromatic amines is 1. The summed E-state index contributed by atoms with van der Waals surface area (Å²) in [6.07, 6.45) is 0. The number of amides is 2. The second-order valence-electron chi connectivity index (χ2n) is 6.43. The second-order valence-corrected chi connectivity index (χ2v) is 7.32. The SMILES string of the molecule is CC(C)C(Nc1nc(Nc2ccc3ncsc3c2)c(C(N)=O)c(=O)[nH]1)C(N)=O. The molecule has 1 aromatic carbocycles. The number of benzene rings is 1. The average molecular weight is 401 g/mol. The highest BCUT2D eigenvalue weighted by Crippen LogP contribution is 2.25. The molecule has 2 heterocycles. The number of hydrogen-bond acceptors (Lipinski definition) is 8. The Balaban J connectivity index is 2.02. The molecule has 0 bridgehead atoms. The number of aromatic nitrogens is 3. The minimum Gasteiger partial charge on any atom is -0.368 e. The van der Waals surface area contributed by atoms with Gasteiger partial charge in [-0.3, -0.25) is 19.4 Å². The van der Waals surface area contributed by atoms with E-state index >= 15 is 0 Å². The molecule has 1 atom stereocenters. The summed E-state index contributed by atoms with van der Waals surface area (Å²) in [4.78, 5) is 46.6. The van der Waals surface area contributed by atoms with Crippen molar-refractivity contribution >= 4 is 50.8 Å². The largest absolute Gasteiger partial charge is 0.368 e. The van der Waals surface area contributed by atoms with Crippen molar-refractivity contribution in [1.29, 1.82) is 0 Å². The van der Waals surface area contributed by atoms with Crippen molar-refractivity contribution in [2.24, 2.45) is 17.4 Å². The molecular weight excluding hydrogens is 382 g/mol. The van der Waals surface area contributed by atoms with E-state index in [4.69, 9.17) is 11.5 Å². The van der Waals surface area contributed by atoms with Gasteiger partial charge in [0.25, 0.3) is 11.5 Å². The van der Waals surface area contributed by atoms with E-state index in [1.807, 2.05) is 6.07 Å². The molecule has 0 radical (unpaired) electrons. The van der Waals surface area contributed by atoms with Crippen LogP contribution >= 0.6 is 11.3 Å². The van der Waals surface area contributed by atoms with Crippen LogP contribution in [-0.2, 0) is 4.79 Å². The monoisotopic (exact) mass is 401 g/mol. The Morgan fingerprint density at radius 3 is 2.64 bits per heavy atom. The first-order valence-corrected chi connectivity index (χ1v) is 9.24. The van der Waals surface area contributed by atoms with E-state index in [1.54, 1.807) is 31.5 Å². The van der Waals surface area contributed by atoms with E-state index in [2.05, 4.69) is 25.6 Å². The molecule has 0 aliphatic heterocycles. The Labute approximate surface area is 163 Å². The molecule has 3 aromatic rings. The van der Waals surface area contributed by atoms with Crippen molar-refractivity contribution in [3.8, 4) is 0 Å². The first-order valence-electron chi connectivity index (χ1n) is 8.36. The van der Waals surface area contributed by atoms with Crippen molar-refractivity contribution in [2.75, 3.05) is 10.6 Å². The number of nitrogens with zero attached hydrogens (tertiary/aromatic N) is 2. The van der Waals surface area contributed by atoms with Gasteiger partial charge >= 0.3 is 0 Å². The van der Waals surface area contributed by atoms with E-state index in [-0.39, 0.29) is 23.2 Å². The van der Waals surface area contributed by atoms with Crippen LogP contribution in [0.25, 0.3) is 10.2 Å². The number of nitrogens with one attached hydrogen (secondary N) is 3. The van der Waals surface area contributed by atoms with Crippen LogP contribution in [0.5, 0.6) is 0 Å². The number of H-pyrrole nitrogens is 1. The Hall–Kier alpha value is -3.47. The van der Waals surface area contributed by atoms with Crippen LogP contribution in [0.4, 0.5) is 17.5 Å². The quantitative estimate of drug-likeness (QED) is 0.395. The van der Waals surface area contributed by atoms with Gasteiger partial charge in [0.1, 0.15) is 11.6 Å². The summed E-state index contributed by atoms with van der Waals surface area (Å²) < 4.78 is 0.919. The first kappa shape index (κ1) is 19.3. The number of carbonyl (C=O) groups excluding carboxylic acids is 2. The molecule has 2 amide bonds. The van der Waals surface area contributed by atoms with Gasteiger partial charge in [-0.25, -0.2) is 4.98 Å². The number of thiazole rings is 1. The minimum absolute atomic E-state index is 0.00568. The molecule has 0 saturated heterocycles. The van der Waals surface area contributed by atoms with Crippen LogP contribution in [0.1, 0.15) is 24.2 Å². The highest BCUT2D eigenvalue weighted by molar-refractivity contribution is 7.16. The van der Waals surface area contributed by atoms with Crippen molar-refractivity contribution in [1.82, 2.24) is 15.0 Å². The summed E-state index contributed by atoms with van der Waals surface area (Å²) in [6, 6.07) is 4.59. The molecule has 1 unspecified atom stereocenters. The van der Waals surface area contributed by atoms with E-state index in [0.29, 0.717) is 5.69 Å². The molecule has 28 heavy (non-hydrogen) atoms. The summed E-state index contributed by atoms with van der Waals surface area (Å²) in [5.41, 5.74) is 12.8. The molecule has 0 fully saturated rings. The van der Waals surface area contributed by atoms with Crippen molar-refractivity contribution < 1.29 is 9.59 Å². The van der Waals surface area contributed by atoms with Gasteiger partial charge in [-0.2, -0.15) is 4.98 Å². The maximum absolute atomic E-state index is 12.4. The summed E-state index contributed by atoms with van der Waals surface area (Å²) in [7, 11) is 0. The summed E-state index contributed by atoms with van der Waals surface area (Å²) >= 11 is 1.45. The number of anilines is 3. The molecule has 10 nitrogen and oxygen atoms in total. The molecular formula is C17H19N7O3S. The zero-order valence-electron chi connectivity index (χ0n) is 15.1. The van der Waals surface area contributed by atoms with Crippen molar-refractivity contribution in [3.63, 3.8) is 0 Å². The fourth-order valence-corrected chi connectivity index (χ4v) is 3.36. The van der Waals surface area contributed by atoms with Crippen molar-refractivity contribution in [3.05, 3.63) is 39.6 Å². The fourth-order valence-electron chi connectivity index (χ4n) is 2.64. The van der Waals surface area contributed by atoms with E-state index in [9.17, 15) is 14.4 Å². The van der Waals surface area contributed by atoms with Gasteiger partial charge in [-0.15, -0.1) is 11.3 Å². The molecule has 0 saturated carbocycles. The molecule has 11 heteroatoms. The van der Waals surface area contributed by atoms with Crippen LogP contribution in [0.2, 0.25) is 0 Å². The van der Waals surface area contributed by atoms with Gasteiger partial charge in [0.2, 0.25) is 11.9 Å². The Morgan fingerprint density at radius 1 is 1.25 bits per heavy atom. The normalized spacial score (nSPS) is 12.1. The number of rotatable bonds is 7. The lowest BCUT2D eigenvalue weighted by Gasteiger charge is -2.20. The highest BCUT2D eigenvalue weighted by Gasteiger charge is 2.22. The van der Waals surface area contributed by atoms with Gasteiger partial charge in [-0.05, 0) is 24.1 Å². The highest BCUT2D eigenvalue weighted by atomic mass is 32.1. The van der Waals surface area contributed by atoms with Gasteiger partial charge in [0.05, 0.1) is 15.7 Å².